The first kappa shape index (κ1) is 8.83. The van der Waals surface area contributed by atoms with E-state index in [1.165, 1.54) is 6.20 Å². The second-order valence-electron chi connectivity index (χ2n) is 2.38. The van der Waals surface area contributed by atoms with Crippen molar-refractivity contribution in [3.63, 3.8) is 0 Å². The van der Waals surface area contributed by atoms with E-state index in [1.54, 1.807) is 6.92 Å². The molecule has 0 spiro atoms. The predicted octanol–water partition coefficient (Wildman–Crippen LogP) is 2.39. The van der Waals surface area contributed by atoms with Crippen LogP contribution < -0.4 is 0 Å². The van der Waals surface area contributed by atoms with Gasteiger partial charge in [0.1, 0.15) is 0 Å². The van der Waals surface area contributed by atoms with E-state index in [-0.39, 0.29) is 0 Å². The third-order valence-electron chi connectivity index (χ3n) is 1.27. The fourth-order valence-electron chi connectivity index (χ4n) is 0.688. The van der Waals surface area contributed by atoms with Crippen molar-refractivity contribution in [2.75, 3.05) is 0 Å². The maximum absolute atomic E-state index is 12.0. The highest BCUT2D eigenvalue weighted by Crippen LogP contribution is 2.27. The van der Waals surface area contributed by atoms with Crippen LogP contribution in [0.25, 0.3) is 5.70 Å². The normalized spacial score (nSPS) is 11.7. The topological polar surface area (TPSA) is 17.8 Å². The van der Waals surface area contributed by atoms with Crippen LogP contribution in [0.15, 0.2) is 18.8 Å². The molecule has 0 aliphatic heterocycles. The van der Waals surface area contributed by atoms with Gasteiger partial charge in [0.15, 0.2) is 5.69 Å². The van der Waals surface area contributed by atoms with Gasteiger partial charge in [-0.1, -0.05) is 6.58 Å². The summed E-state index contributed by atoms with van der Waals surface area (Å²) in [7, 11) is 0. The minimum absolute atomic E-state index is 0.450. The molecule has 0 saturated carbocycles. The zero-order valence-electron chi connectivity index (χ0n) is 6.39. The predicted molar refractivity (Wildman–Crippen MR) is 38.2 cm³/mol. The van der Waals surface area contributed by atoms with Crippen molar-refractivity contribution in [3.8, 4) is 0 Å². The molecule has 0 atom stereocenters. The Labute approximate surface area is 67.3 Å². The molecule has 12 heavy (non-hydrogen) atoms. The maximum atomic E-state index is 12.0. The molecule has 0 fully saturated rings. The fraction of sp³-hybridized carbons (Fsp3) is 0.286. The van der Waals surface area contributed by atoms with E-state index in [1.807, 2.05) is 0 Å². The van der Waals surface area contributed by atoms with Gasteiger partial charge in [-0.25, -0.2) is 4.68 Å². The van der Waals surface area contributed by atoms with Crippen LogP contribution >= 0.6 is 0 Å². The van der Waals surface area contributed by atoms with E-state index in [0.717, 1.165) is 10.7 Å². The fourth-order valence-corrected chi connectivity index (χ4v) is 0.688. The van der Waals surface area contributed by atoms with Gasteiger partial charge >= 0.3 is 6.18 Å². The van der Waals surface area contributed by atoms with E-state index >= 15 is 0 Å². The zero-order valence-corrected chi connectivity index (χ0v) is 6.39. The summed E-state index contributed by atoms with van der Waals surface area (Å²) in [6.45, 7) is 5.03. The van der Waals surface area contributed by atoms with Gasteiger partial charge in [-0.2, -0.15) is 18.3 Å². The Morgan fingerprint density at radius 2 is 2.17 bits per heavy atom. The number of allylic oxidation sites excluding steroid dienone is 1. The third-order valence-corrected chi connectivity index (χ3v) is 1.27. The summed E-state index contributed by atoms with van der Waals surface area (Å²) in [4.78, 5) is 0. The molecule has 1 aromatic rings. The Hall–Kier alpha value is -1.26. The maximum Gasteiger partial charge on any atom is 0.435 e. The number of hydrogen-bond acceptors (Lipinski definition) is 1. The highest BCUT2D eigenvalue weighted by Gasteiger charge is 2.33. The summed E-state index contributed by atoms with van der Waals surface area (Å²) in [6.07, 6.45) is -3.15. The average molecular weight is 176 g/mol. The molecule has 1 rings (SSSR count). The lowest BCUT2D eigenvalue weighted by atomic mass is 10.4. The summed E-state index contributed by atoms with van der Waals surface area (Å²) < 4.78 is 37.0. The number of hydrogen-bond donors (Lipinski definition) is 0. The van der Waals surface area contributed by atoms with Crippen LogP contribution in [0.1, 0.15) is 12.6 Å². The lowest BCUT2D eigenvalue weighted by molar-refractivity contribution is -0.141. The summed E-state index contributed by atoms with van der Waals surface area (Å²) in [5.74, 6) is 0. The van der Waals surface area contributed by atoms with Crippen LogP contribution in [0.2, 0.25) is 0 Å². The smallest absolute Gasteiger partial charge is 0.245 e. The second kappa shape index (κ2) is 2.66. The molecule has 1 aromatic heterocycles. The Kier molecular flexibility index (Phi) is 1.95. The van der Waals surface area contributed by atoms with Crippen molar-refractivity contribution in [2.45, 2.75) is 13.1 Å². The highest BCUT2D eigenvalue weighted by molar-refractivity contribution is 5.36. The first-order chi connectivity index (χ1) is 5.41. The van der Waals surface area contributed by atoms with Crippen molar-refractivity contribution in [2.24, 2.45) is 0 Å². The molecule has 0 unspecified atom stereocenters. The lowest BCUT2D eigenvalue weighted by Crippen LogP contribution is -2.06. The van der Waals surface area contributed by atoms with Crippen molar-refractivity contribution >= 4 is 5.70 Å². The Morgan fingerprint density at radius 3 is 2.42 bits per heavy atom. The molecule has 0 N–H and O–H groups in total. The quantitative estimate of drug-likeness (QED) is 0.642. The van der Waals surface area contributed by atoms with Crippen molar-refractivity contribution in [3.05, 3.63) is 24.5 Å². The molecule has 0 aliphatic rings. The molecule has 0 bridgehead atoms. The van der Waals surface area contributed by atoms with Gasteiger partial charge in [0.05, 0.1) is 0 Å². The van der Waals surface area contributed by atoms with Crippen LogP contribution in [-0.2, 0) is 6.18 Å². The number of halogens is 3. The Bertz CT molecular complexity index is 298. The van der Waals surface area contributed by atoms with Gasteiger partial charge in [-0.15, -0.1) is 0 Å². The van der Waals surface area contributed by atoms with Crippen molar-refractivity contribution in [1.29, 1.82) is 0 Å². The molecule has 1 heterocycles. The van der Waals surface area contributed by atoms with E-state index in [9.17, 15) is 13.2 Å². The Morgan fingerprint density at radius 1 is 1.58 bits per heavy atom. The van der Waals surface area contributed by atoms with Crippen LogP contribution in [-0.4, -0.2) is 9.78 Å². The summed E-state index contributed by atoms with van der Waals surface area (Å²) in [5, 5.41) is 3.27. The van der Waals surface area contributed by atoms with Crippen LogP contribution in [0, 0.1) is 0 Å². The first-order valence-corrected chi connectivity index (χ1v) is 3.20. The third kappa shape index (κ3) is 1.66. The molecule has 0 aromatic carbocycles. The van der Waals surface area contributed by atoms with Gasteiger partial charge in [0.2, 0.25) is 0 Å². The SMILES string of the molecule is C=C(C)n1ccc(C(F)(F)F)n1. The molecular formula is C7H7F3N2. The van der Waals surface area contributed by atoms with E-state index < -0.39 is 11.9 Å². The van der Waals surface area contributed by atoms with E-state index in [4.69, 9.17) is 0 Å². The Balaban J connectivity index is 3.00. The number of aromatic nitrogens is 2. The molecule has 0 radical (unpaired) electrons. The molecule has 66 valence electrons. The van der Waals surface area contributed by atoms with E-state index in [0.29, 0.717) is 5.70 Å². The monoisotopic (exact) mass is 176 g/mol. The molecule has 0 aliphatic carbocycles. The largest absolute Gasteiger partial charge is 0.435 e. The average Bonchev–Trinajstić information content (AvgIpc) is 2.30. The lowest BCUT2D eigenvalue weighted by Gasteiger charge is -2.01. The minimum Gasteiger partial charge on any atom is -0.245 e. The van der Waals surface area contributed by atoms with Gasteiger partial charge in [-0.3, -0.25) is 0 Å². The highest BCUT2D eigenvalue weighted by atomic mass is 19.4. The number of nitrogens with zero attached hydrogens (tertiary/aromatic N) is 2. The van der Waals surface area contributed by atoms with Crippen molar-refractivity contribution < 1.29 is 13.2 Å². The van der Waals surface area contributed by atoms with Crippen LogP contribution in [0.3, 0.4) is 0 Å². The summed E-state index contributed by atoms with van der Waals surface area (Å²) in [6, 6.07) is 0.911. The molecule has 2 nitrogen and oxygen atoms in total. The zero-order chi connectivity index (χ0) is 9.35. The van der Waals surface area contributed by atoms with Crippen LogP contribution in [0.4, 0.5) is 13.2 Å². The molecular weight excluding hydrogens is 169 g/mol. The molecule has 5 heteroatoms. The van der Waals surface area contributed by atoms with E-state index in [2.05, 4.69) is 11.7 Å². The molecule has 0 amide bonds. The van der Waals surface area contributed by atoms with Gasteiger partial charge < -0.3 is 0 Å². The number of alkyl halides is 3. The summed E-state index contributed by atoms with van der Waals surface area (Å²) in [5.41, 5.74) is -0.448. The van der Waals surface area contributed by atoms with Crippen molar-refractivity contribution in [1.82, 2.24) is 9.78 Å². The van der Waals surface area contributed by atoms with Gasteiger partial charge in [-0.05, 0) is 13.0 Å². The van der Waals surface area contributed by atoms with Gasteiger partial charge in [0.25, 0.3) is 0 Å². The first-order valence-electron chi connectivity index (χ1n) is 3.20. The molecule has 0 saturated heterocycles. The van der Waals surface area contributed by atoms with Crippen LogP contribution in [0.5, 0.6) is 0 Å². The van der Waals surface area contributed by atoms with Gasteiger partial charge in [0, 0.05) is 11.9 Å². The minimum atomic E-state index is -4.37. The second-order valence-corrected chi connectivity index (χ2v) is 2.38. The number of rotatable bonds is 1. The summed E-state index contributed by atoms with van der Waals surface area (Å²) >= 11 is 0. The standard InChI is InChI=1S/C7H7F3N2/c1-5(2)12-4-3-6(11-12)7(8,9)10/h3-4H,1H2,2H3.